The van der Waals surface area contributed by atoms with E-state index < -0.39 is 35.3 Å². The topological polar surface area (TPSA) is 121 Å². The Morgan fingerprint density at radius 3 is 2.39 bits per heavy atom. The molecule has 0 bridgehead atoms. The standard InChI is InChI=1S/C31H28F3N5O2/c1-17-8-21(15-35)27(9-18(17)2)38-16-29(40)39-28(12-19-10-22(32)14-23(33)11-19)30-24(4-3-7-37-30)20-5-6-26(34)25(13-20)31(36)41/h3-11,13-15,28,35,38H,12,16H2,1-2H3,(H2,36,41)(H,39,40). The molecular weight excluding hydrogens is 531 g/mol. The number of nitrogens with zero attached hydrogens (tertiary/aromatic N) is 1. The Balaban J connectivity index is 1.69. The summed E-state index contributed by atoms with van der Waals surface area (Å²) in [7, 11) is 0. The van der Waals surface area contributed by atoms with Crippen molar-refractivity contribution in [2.45, 2.75) is 26.3 Å². The van der Waals surface area contributed by atoms with Crippen LogP contribution in [-0.4, -0.2) is 29.6 Å². The number of aromatic nitrogens is 1. The van der Waals surface area contributed by atoms with Gasteiger partial charge in [0.25, 0.3) is 5.91 Å². The number of primary amides is 1. The minimum Gasteiger partial charge on any atom is -0.376 e. The maximum atomic E-state index is 14.2. The molecule has 210 valence electrons. The zero-order valence-electron chi connectivity index (χ0n) is 22.4. The lowest BCUT2D eigenvalue weighted by molar-refractivity contribution is -0.120. The number of hydrogen-bond donors (Lipinski definition) is 4. The first kappa shape index (κ1) is 29.0. The minimum atomic E-state index is -0.948. The van der Waals surface area contributed by atoms with E-state index in [1.54, 1.807) is 12.1 Å². The van der Waals surface area contributed by atoms with Crippen LogP contribution in [0.1, 0.15) is 44.3 Å². The highest BCUT2D eigenvalue weighted by atomic mass is 19.1. The van der Waals surface area contributed by atoms with Crippen LogP contribution in [0.25, 0.3) is 11.1 Å². The third-order valence-electron chi connectivity index (χ3n) is 6.67. The molecule has 0 aliphatic rings. The average molecular weight is 560 g/mol. The third-order valence-corrected chi connectivity index (χ3v) is 6.67. The van der Waals surface area contributed by atoms with Crippen molar-refractivity contribution < 1.29 is 22.8 Å². The number of rotatable bonds is 10. The van der Waals surface area contributed by atoms with Gasteiger partial charge in [-0.1, -0.05) is 12.1 Å². The van der Waals surface area contributed by atoms with Crippen molar-refractivity contribution in [1.82, 2.24) is 10.3 Å². The molecule has 0 aliphatic carbocycles. The van der Waals surface area contributed by atoms with Gasteiger partial charge in [-0.05, 0) is 85.0 Å². The number of nitrogens with two attached hydrogens (primary N) is 1. The number of anilines is 1. The van der Waals surface area contributed by atoms with Gasteiger partial charge in [0.2, 0.25) is 5.91 Å². The van der Waals surface area contributed by atoms with Crippen LogP contribution in [0, 0.1) is 36.7 Å². The fourth-order valence-corrected chi connectivity index (χ4v) is 4.53. The molecule has 0 radical (unpaired) electrons. The Bertz CT molecular complexity index is 1620. The van der Waals surface area contributed by atoms with Crippen LogP contribution in [0.4, 0.5) is 18.9 Å². The number of carbonyl (C=O) groups excluding carboxylic acids is 2. The minimum absolute atomic E-state index is 0.0241. The van der Waals surface area contributed by atoms with Crippen LogP contribution in [-0.2, 0) is 11.2 Å². The van der Waals surface area contributed by atoms with Crippen LogP contribution in [0.15, 0.2) is 66.9 Å². The number of carbonyl (C=O) groups is 2. The SMILES string of the molecule is Cc1cc(C=N)c(NCC(=O)NC(Cc2cc(F)cc(F)c2)c2ncccc2-c2ccc(F)c(C(N)=O)c2)cc1C. The smallest absolute Gasteiger partial charge is 0.251 e. The Labute approximate surface area is 235 Å². The summed E-state index contributed by atoms with van der Waals surface area (Å²) in [5.41, 5.74) is 9.70. The Morgan fingerprint density at radius 2 is 1.71 bits per heavy atom. The molecule has 0 saturated carbocycles. The second-order valence-corrected chi connectivity index (χ2v) is 9.62. The van der Waals surface area contributed by atoms with Crippen LogP contribution < -0.4 is 16.4 Å². The molecule has 2 amide bonds. The summed E-state index contributed by atoms with van der Waals surface area (Å²) in [6.07, 6.45) is 2.66. The number of aryl methyl sites for hydroxylation is 2. The van der Waals surface area contributed by atoms with Crippen molar-refractivity contribution >= 4 is 23.7 Å². The van der Waals surface area contributed by atoms with Crippen LogP contribution in [0.3, 0.4) is 0 Å². The Hall–Kier alpha value is -4.99. The summed E-state index contributed by atoms with van der Waals surface area (Å²) in [4.78, 5) is 29.4. The largest absolute Gasteiger partial charge is 0.376 e. The van der Waals surface area contributed by atoms with E-state index in [1.165, 1.54) is 24.5 Å². The molecule has 10 heteroatoms. The van der Waals surface area contributed by atoms with E-state index >= 15 is 0 Å². The molecular formula is C31H28F3N5O2. The van der Waals surface area contributed by atoms with Gasteiger partial charge in [0.15, 0.2) is 0 Å². The molecule has 7 nitrogen and oxygen atoms in total. The quantitative estimate of drug-likeness (QED) is 0.195. The van der Waals surface area contributed by atoms with Gasteiger partial charge in [0, 0.05) is 35.3 Å². The normalized spacial score (nSPS) is 11.5. The van der Waals surface area contributed by atoms with Gasteiger partial charge >= 0.3 is 0 Å². The van der Waals surface area contributed by atoms with Gasteiger partial charge in [-0.2, -0.15) is 0 Å². The van der Waals surface area contributed by atoms with Crippen LogP contribution in [0.5, 0.6) is 0 Å². The molecule has 1 heterocycles. The van der Waals surface area contributed by atoms with Gasteiger partial charge < -0.3 is 21.8 Å². The van der Waals surface area contributed by atoms with E-state index in [1.807, 2.05) is 26.0 Å². The number of hydrogen-bond acceptors (Lipinski definition) is 5. The molecule has 41 heavy (non-hydrogen) atoms. The van der Waals surface area contributed by atoms with E-state index in [9.17, 15) is 22.8 Å². The number of benzene rings is 3. The predicted octanol–water partition coefficient (Wildman–Crippen LogP) is 5.39. The van der Waals surface area contributed by atoms with Crippen molar-refractivity contribution in [3.63, 3.8) is 0 Å². The first-order valence-corrected chi connectivity index (χ1v) is 12.7. The lowest BCUT2D eigenvalue weighted by Crippen LogP contribution is -2.35. The predicted molar refractivity (Wildman–Crippen MR) is 151 cm³/mol. The van der Waals surface area contributed by atoms with Crippen LogP contribution >= 0.6 is 0 Å². The van der Waals surface area contributed by atoms with Crippen molar-refractivity contribution in [1.29, 1.82) is 5.41 Å². The Morgan fingerprint density at radius 1 is 1.00 bits per heavy atom. The van der Waals surface area contributed by atoms with Crippen molar-refractivity contribution in [2.24, 2.45) is 5.73 Å². The molecule has 0 spiro atoms. The highest BCUT2D eigenvalue weighted by molar-refractivity contribution is 5.94. The Kier molecular flexibility index (Phi) is 8.81. The average Bonchev–Trinajstić information content (AvgIpc) is 2.92. The maximum absolute atomic E-state index is 14.2. The molecule has 1 aromatic heterocycles. The monoisotopic (exact) mass is 559 g/mol. The van der Waals surface area contributed by atoms with E-state index in [2.05, 4.69) is 15.6 Å². The van der Waals surface area contributed by atoms with Gasteiger partial charge in [0.1, 0.15) is 17.5 Å². The lowest BCUT2D eigenvalue weighted by Gasteiger charge is -2.22. The molecule has 1 atom stereocenters. The summed E-state index contributed by atoms with van der Waals surface area (Å²) >= 11 is 0. The van der Waals surface area contributed by atoms with E-state index in [0.717, 1.165) is 35.4 Å². The third kappa shape index (κ3) is 6.96. The molecule has 3 aromatic carbocycles. The van der Waals surface area contributed by atoms with Crippen molar-refractivity contribution in [3.8, 4) is 11.1 Å². The highest BCUT2D eigenvalue weighted by Gasteiger charge is 2.22. The van der Waals surface area contributed by atoms with E-state index in [-0.39, 0.29) is 24.1 Å². The number of nitrogens with one attached hydrogen (secondary N) is 3. The molecule has 5 N–H and O–H groups in total. The number of halogens is 3. The first-order chi connectivity index (χ1) is 19.5. The summed E-state index contributed by atoms with van der Waals surface area (Å²) in [6, 6.07) is 13.0. The molecule has 1 unspecified atom stereocenters. The van der Waals surface area contributed by atoms with Crippen LogP contribution in [0.2, 0.25) is 0 Å². The molecule has 4 aromatic rings. The molecule has 0 aliphatic heterocycles. The second-order valence-electron chi connectivity index (χ2n) is 9.62. The van der Waals surface area contributed by atoms with E-state index in [0.29, 0.717) is 28.1 Å². The fraction of sp³-hybridized carbons (Fsp3) is 0.161. The van der Waals surface area contributed by atoms with Gasteiger partial charge in [-0.3, -0.25) is 14.6 Å². The second kappa shape index (κ2) is 12.5. The maximum Gasteiger partial charge on any atom is 0.251 e. The van der Waals surface area contributed by atoms with Crippen molar-refractivity contribution in [3.05, 3.63) is 118 Å². The zero-order valence-corrected chi connectivity index (χ0v) is 22.4. The zero-order chi connectivity index (χ0) is 29.7. The fourth-order valence-electron chi connectivity index (χ4n) is 4.53. The summed E-state index contributed by atoms with van der Waals surface area (Å²) < 4.78 is 42.3. The van der Waals surface area contributed by atoms with E-state index in [4.69, 9.17) is 11.1 Å². The molecule has 0 fully saturated rings. The van der Waals surface area contributed by atoms with Gasteiger partial charge in [0.05, 0.1) is 23.8 Å². The number of amides is 2. The number of pyridine rings is 1. The van der Waals surface area contributed by atoms with Gasteiger partial charge in [-0.15, -0.1) is 0 Å². The summed E-state index contributed by atoms with van der Waals surface area (Å²) in [5.74, 6) is -3.72. The van der Waals surface area contributed by atoms with Gasteiger partial charge in [-0.25, -0.2) is 13.2 Å². The summed E-state index contributed by atoms with van der Waals surface area (Å²) in [5, 5.41) is 13.6. The lowest BCUT2D eigenvalue weighted by atomic mass is 9.94. The summed E-state index contributed by atoms with van der Waals surface area (Å²) in [6.45, 7) is 3.68. The molecule has 0 saturated heterocycles. The first-order valence-electron chi connectivity index (χ1n) is 12.7. The highest BCUT2D eigenvalue weighted by Crippen LogP contribution is 2.30. The molecule has 4 rings (SSSR count). The van der Waals surface area contributed by atoms with Crippen molar-refractivity contribution in [2.75, 3.05) is 11.9 Å².